The number of unbranched alkanes of at least 4 members (excludes halogenated alkanes) is 12. The maximum absolute atomic E-state index is 12.6. The van der Waals surface area contributed by atoms with E-state index in [9.17, 15) is 13.2 Å². The molecule has 1 N–H and O–H groups in total. The molecule has 1 fully saturated rings. The smallest absolute Gasteiger partial charge is 0.407 e. The second-order valence-electron chi connectivity index (χ2n) is 12.3. The number of rotatable bonds is 23. The molecule has 1 aromatic rings. The lowest BCUT2D eigenvalue weighted by atomic mass is 9.97. The van der Waals surface area contributed by atoms with Crippen LogP contribution in [-0.4, -0.2) is 57.4 Å². The summed E-state index contributed by atoms with van der Waals surface area (Å²) in [6.45, 7) is 6.35. The Labute approximate surface area is 271 Å². The largest absolute Gasteiger partial charge is 0.447 e. The first-order valence-corrected chi connectivity index (χ1v) is 19.3. The topological polar surface area (TPSA) is 94.2 Å². The van der Waals surface area contributed by atoms with Gasteiger partial charge in [-0.3, -0.25) is 0 Å². The van der Waals surface area contributed by atoms with Crippen molar-refractivity contribution in [2.24, 2.45) is 5.92 Å². The maximum atomic E-state index is 12.6. The fourth-order valence-electron chi connectivity index (χ4n) is 5.66. The van der Waals surface area contributed by atoms with E-state index in [0.29, 0.717) is 25.6 Å². The van der Waals surface area contributed by atoms with E-state index < -0.39 is 21.8 Å². The molecule has 1 amide bonds. The van der Waals surface area contributed by atoms with Crippen molar-refractivity contribution in [3.63, 3.8) is 0 Å². The standard InChI is InChI=1S/C34H56N2O6S2/c1-3-4-5-6-7-8-9-10-11-12-13-14-17-30-26-31(40-27-30)28-41-33(37)35-22-15-16-23-36-24-25-43-34(36)42-44(38,39)32-20-18-29(2)19-21-32/h18-21,24-25,30-31,34H,3-17,22-23,26-28H2,1-2H3,(H,35,37). The highest BCUT2D eigenvalue weighted by Crippen LogP contribution is 2.30. The highest BCUT2D eigenvalue weighted by Gasteiger charge is 2.28. The maximum Gasteiger partial charge on any atom is 0.407 e. The fraction of sp³-hybridized carbons (Fsp3) is 0.735. The zero-order chi connectivity index (χ0) is 31.5. The summed E-state index contributed by atoms with van der Waals surface area (Å²) < 4.78 is 42.1. The summed E-state index contributed by atoms with van der Waals surface area (Å²) in [5.74, 6) is 0.576. The van der Waals surface area contributed by atoms with Gasteiger partial charge < -0.3 is 19.7 Å². The van der Waals surface area contributed by atoms with Crippen molar-refractivity contribution >= 4 is 28.0 Å². The van der Waals surface area contributed by atoms with E-state index in [1.165, 1.54) is 95.2 Å². The Balaban J connectivity index is 1.15. The summed E-state index contributed by atoms with van der Waals surface area (Å²) in [5, 5.41) is 4.64. The Kier molecular flexibility index (Phi) is 17.6. The van der Waals surface area contributed by atoms with Crippen LogP contribution in [0.25, 0.3) is 0 Å². The lowest BCUT2D eigenvalue weighted by molar-refractivity contribution is 0.0425. The minimum Gasteiger partial charge on any atom is -0.447 e. The first kappa shape index (κ1) is 36.7. The molecule has 0 aromatic heterocycles. The minimum absolute atomic E-state index is 0.00403. The number of hydrogen-bond acceptors (Lipinski definition) is 8. The van der Waals surface area contributed by atoms with E-state index in [1.54, 1.807) is 24.3 Å². The van der Waals surface area contributed by atoms with Crippen molar-refractivity contribution < 1.29 is 26.9 Å². The quantitative estimate of drug-likeness (QED) is 0.0929. The molecule has 0 spiro atoms. The second kappa shape index (κ2) is 21.1. The Bertz CT molecular complexity index is 1070. The van der Waals surface area contributed by atoms with Gasteiger partial charge in [-0.1, -0.05) is 113 Å². The van der Waals surface area contributed by atoms with Gasteiger partial charge >= 0.3 is 6.09 Å². The molecule has 0 saturated carbocycles. The van der Waals surface area contributed by atoms with E-state index >= 15 is 0 Å². The molecule has 3 unspecified atom stereocenters. The molecule has 0 aliphatic carbocycles. The number of aryl methyl sites for hydroxylation is 1. The van der Waals surface area contributed by atoms with Crippen LogP contribution in [0.5, 0.6) is 0 Å². The van der Waals surface area contributed by atoms with Gasteiger partial charge in [-0.25, -0.2) is 8.98 Å². The highest BCUT2D eigenvalue weighted by atomic mass is 32.2. The normalized spacial score (nSPS) is 20.0. The molecule has 44 heavy (non-hydrogen) atoms. The fourth-order valence-corrected chi connectivity index (χ4v) is 7.75. The summed E-state index contributed by atoms with van der Waals surface area (Å²) in [5.41, 5.74) is 0.356. The van der Waals surface area contributed by atoms with Gasteiger partial charge in [-0.15, -0.1) is 0 Å². The van der Waals surface area contributed by atoms with E-state index in [0.717, 1.165) is 31.4 Å². The number of hydrogen-bond donors (Lipinski definition) is 1. The number of carbonyl (C=O) groups is 1. The summed E-state index contributed by atoms with van der Waals surface area (Å²) in [6.07, 6.45) is 21.5. The molecule has 2 aliphatic rings. The molecule has 250 valence electrons. The minimum atomic E-state index is -3.86. The van der Waals surface area contributed by atoms with E-state index in [2.05, 4.69) is 12.2 Å². The van der Waals surface area contributed by atoms with Gasteiger partial charge in [0, 0.05) is 19.3 Å². The molecule has 0 radical (unpaired) electrons. The number of amides is 1. The van der Waals surface area contributed by atoms with Gasteiger partial charge in [0.05, 0.1) is 17.6 Å². The average molecular weight is 653 g/mol. The number of carbonyl (C=O) groups excluding carboxylic acids is 1. The second-order valence-corrected chi connectivity index (χ2v) is 14.8. The van der Waals surface area contributed by atoms with Crippen LogP contribution < -0.4 is 5.32 Å². The first-order chi connectivity index (χ1) is 21.4. The molecule has 1 aromatic carbocycles. The van der Waals surface area contributed by atoms with Crippen molar-refractivity contribution in [2.75, 3.05) is 26.3 Å². The molecule has 2 heterocycles. The number of alkyl carbamates (subject to hydrolysis) is 1. The predicted octanol–water partition coefficient (Wildman–Crippen LogP) is 8.51. The zero-order valence-electron chi connectivity index (χ0n) is 27.1. The van der Waals surface area contributed by atoms with Crippen molar-refractivity contribution in [3.8, 4) is 0 Å². The number of benzene rings is 1. The van der Waals surface area contributed by atoms with Crippen molar-refractivity contribution in [3.05, 3.63) is 41.4 Å². The van der Waals surface area contributed by atoms with Gasteiger partial charge in [0.25, 0.3) is 10.1 Å². The van der Waals surface area contributed by atoms with Crippen LogP contribution in [0.2, 0.25) is 0 Å². The molecule has 10 heteroatoms. The SMILES string of the molecule is CCCCCCCCCCCCCCC1COC(COC(=O)NCCCCN2C=CSC2OS(=O)(=O)c2ccc(C)cc2)C1. The van der Waals surface area contributed by atoms with Crippen LogP contribution in [0.1, 0.15) is 115 Å². The van der Waals surface area contributed by atoms with Crippen LogP contribution in [0.3, 0.4) is 0 Å². The van der Waals surface area contributed by atoms with Crippen molar-refractivity contribution in [2.45, 2.75) is 133 Å². The number of nitrogens with zero attached hydrogens (tertiary/aromatic N) is 1. The summed E-state index contributed by atoms with van der Waals surface area (Å²) >= 11 is 1.32. The summed E-state index contributed by atoms with van der Waals surface area (Å²) in [6, 6.07) is 6.63. The molecule has 0 bridgehead atoms. The van der Waals surface area contributed by atoms with Gasteiger partial charge in [-0.2, -0.15) is 8.42 Å². The molecule has 3 atom stereocenters. The van der Waals surface area contributed by atoms with Gasteiger partial charge in [0.15, 0.2) is 0 Å². The Hall–Kier alpha value is -1.75. The Morgan fingerprint density at radius 2 is 1.61 bits per heavy atom. The summed E-state index contributed by atoms with van der Waals surface area (Å²) in [7, 11) is -3.86. The van der Waals surface area contributed by atoms with E-state index in [-0.39, 0.29) is 11.0 Å². The van der Waals surface area contributed by atoms with Crippen LogP contribution in [0, 0.1) is 12.8 Å². The van der Waals surface area contributed by atoms with Crippen molar-refractivity contribution in [1.29, 1.82) is 0 Å². The third-order valence-corrected chi connectivity index (χ3v) is 10.7. The Morgan fingerprint density at radius 3 is 2.30 bits per heavy atom. The summed E-state index contributed by atoms with van der Waals surface area (Å²) in [4.78, 5) is 14.2. The van der Waals surface area contributed by atoms with Crippen LogP contribution in [0.4, 0.5) is 4.79 Å². The van der Waals surface area contributed by atoms with Crippen molar-refractivity contribution in [1.82, 2.24) is 10.2 Å². The lowest BCUT2D eigenvalue weighted by Gasteiger charge is -2.24. The van der Waals surface area contributed by atoms with Gasteiger partial charge in [-0.05, 0) is 56.1 Å². The third-order valence-electron chi connectivity index (χ3n) is 8.38. The first-order valence-electron chi connectivity index (χ1n) is 17.0. The van der Waals surface area contributed by atoms with Gasteiger partial charge in [0.1, 0.15) is 6.61 Å². The number of nitrogens with one attached hydrogen (secondary N) is 1. The highest BCUT2D eigenvalue weighted by molar-refractivity contribution is 8.03. The predicted molar refractivity (Wildman–Crippen MR) is 179 cm³/mol. The third kappa shape index (κ3) is 14.6. The zero-order valence-corrected chi connectivity index (χ0v) is 28.7. The molecular weight excluding hydrogens is 597 g/mol. The van der Waals surface area contributed by atoms with E-state index in [1.807, 2.05) is 23.4 Å². The van der Waals surface area contributed by atoms with E-state index in [4.69, 9.17) is 13.7 Å². The lowest BCUT2D eigenvalue weighted by Crippen LogP contribution is -2.31. The molecule has 2 aliphatic heterocycles. The van der Waals surface area contributed by atoms with Crippen LogP contribution in [0.15, 0.2) is 40.8 Å². The van der Waals surface area contributed by atoms with Gasteiger partial charge in [0.2, 0.25) is 5.56 Å². The average Bonchev–Trinajstić information content (AvgIpc) is 3.65. The van der Waals surface area contributed by atoms with Crippen LogP contribution in [-0.2, 0) is 23.8 Å². The Morgan fingerprint density at radius 1 is 0.955 bits per heavy atom. The molecule has 1 saturated heterocycles. The van der Waals surface area contributed by atoms with Crippen LogP contribution >= 0.6 is 11.8 Å². The molecule has 3 rings (SSSR count). The monoisotopic (exact) mass is 652 g/mol. The molecule has 8 nitrogen and oxygen atoms in total. The molecular formula is C34H56N2O6S2. The number of ether oxygens (including phenoxy) is 2. The number of thioether (sulfide) groups is 1.